The molecule has 7 nitrogen and oxygen atoms in total. The summed E-state index contributed by atoms with van der Waals surface area (Å²) >= 11 is 0. The molecule has 1 fully saturated rings. The number of urea groups is 1. The third-order valence-corrected chi connectivity index (χ3v) is 3.21. The largest absolute Gasteiger partial charge is 0.388 e. The summed E-state index contributed by atoms with van der Waals surface area (Å²) in [6.07, 6.45) is -1.78. The minimum absolute atomic E-state index is 0.130. The van der Waals surface area contributed by atoms with Crippen molar-refractivity contribution in [2.75, 3.05) is 13.1 Å². The Morgan fingerprint density at radius 3 is 2.25 bits per heavy atom. The van der Waals surface area contributed by atoms with E-state index in [0.29, 0.717) is 12.1 Å². The lowest BCUT2D eigenvalue weighted by Crippen LogP contribution is -2.30. The van der Waals surface area contributed by atoms with Crippen molar-refractivity contribution in [1.82, 2.24) is 10.2 Å². The van der Waals surface area contributed by atoms with Crippen LogP contribution in [0.15, 0.2) is 24.3 Å². The highest BCUT2D eigenvalue weighted by atomic mass is 16.3. The SMILES string of the molecule is NC(=O)NCc1ccc(C(=O)N2C[C@@H](O)[C@@H](O)C2)cc1. The van der Waals surface area contributed by atoms with E-state index in [1.807, 2.05) is 0 Å². The van der Waals surface area contributed by atoms with Gasteiger partial charge in [-0.15, -0.1) is 0 Å². The Balaban J connectivity index is 1.99. The van der Waals surface area contributed by atoms with E-state index in [2.05, 4.69) is 5.32 Å². The van der Waals surface area contributed by atoms with Crippen molar-refractivity contribution in [2.45, 2.75) is 18.8 Å². The Bertz CT molecular complexity index is 493. The van der Waals surface area contributed by atoms with Gasteiger partial charge in [0.2, 0.25) is 0 Å². The zero-order valence-corrected chi connectivity index (χ0v) is 10.8. The van der Waals surface area contributed by atoms with Gasteiger partial charge < -0.3 is 26.2 Å². The summed E-state index contributed by atoms with van der Waals surface area (Å²) in [6.45, 7) is 0.556. The number of aliphatic hydroxyl groups excluding tert-OH is 2. The van der Waals surface area contributed by atoms with E-state index in [1.165, 1.54) is 4.90 Å². The first-order valence-electron chi connectivity index (χ1n) is 6.25. The topological polar surface area (TPSA) is 116 Å². The van der Waals surface area contributed by atoms with Gasteiger partial charge in [0.25, 0.3) is 5.91 Å². The van der Waals surface area contributed by atoms with Crippen molar-refractivity contribution in [2.24, 2.45) is 5.73 Å². The van der Waals surface area contributed by atoms with E-state index in [4.69, 9.17) is 5.73 Å². The first-order chi connectivity index (χ1) is 9.47. The highest BCUT2D eigenvalue weighted by Gasteiger charge is 2.32. The lowest BCUT2D eigenvalue weighted by atomic mass is 10.1. The minimum Gasteiger partial charge on any atom is -0.388 e. The number of nitrogens with one attached hydrogen (secondary N) is 1. The Labute approximate surface area is 116 Å². The van der Waals surface area contributed by atoms with Gasteiger partial charge in [0.1, 0.15) is 0 Å². The van der Waals surface area contributed by atoms with Gasteiger partial charge in [0.15, 0.2) is 0 Å². The lowest BCUT2D eigenvalue weighted by molar-refractivity contribution is 0.0572. The van der Waals surface area contributed by atoms with Crippen LogP contribution in [0.3, 0.4) is 0 Å². The fourth-order valence-electron chi connectivity index (χ4n) is 2.07. The average molecular weight is 279 g/mol. The van der Waals surface area contributed by atoms with Gasteiger partial charge in [0.05, 0.1) is 12.2 Å². The second-order valence-corrected chi connectivity index (χ2v) is 4.76. The zero-order valence-electron chi connectivity index (χ0n) is 10.8. The summed E-state index contributed by atoms with van der Waals surface area (Å²) in [6, 6.07) is 6.10. The average Bonchev–Trinajstić information content (AvgIpc) is 2.76. The lowest BCUT2D eigenvalue weighted by Gasteiger charge is -2.15. The van der Waals surface area contributed by atoms with Crippen molar-refractivity contribution in [3.8, 4) is 0 Å². The maximum absolute atomic E-state index is 12.1. The number of hydrogen-bond acceptors (Lipinski definition) is 4. The summed E-state index contributed by atoms with van der Waals surface area (Å²) in [5.41, 5.74) is 6.26. The van der Waals surface area contributed by atoms with Crippen LogP contribution in [0.4, 0.5) is 4.79 Å². The Morgan fingerprint density at radius 2 is 1.75 bits per heavy atom. The first-order valence-corrected chi connectivity index (χ1v) is 6.25. The van der Waals surface area contributed by atoms with Crippen molar-refractivity contribution >= 4 is 11.9 Å². The van der Waals surface area contributed by atoms with Gasteiger partial charge in [-0.25, -0.2) is 4.79 Å². The predicted molar refractivity (Wildman–Crippen MR) is 70.8 cm³/mol. The van der Waals surface area contributed by atoms with Crippen LogP contribution in [0.5, 0.6) is 0 Å². The third-order valence-electron chi connectivity index (χ3n) is 3.21. The quantitative estimate of drug-likeness (QED) is 0.570. The molecule has 0 spiro atoms. The predicted octanol–water partition coefficient (Wildman–Crippen LogP) is -0.968. The molecule has 7 heteroatoms. The molecule has 3 amide bonds. The molecular formula is C13H17N3O4. The van der Waals surface area contributed by atoms with E-state index in [-0.39, 0.29) is 19.0 Å². The van der Waals surface area contributed by atoms with Crippen LogP contribution in [-0.2, 0) is 6.54 Å². The van der Waals surface area contributed by atoms with Crippen molar-refractivity contribution in [3.63, 3.8) is 0 Å². The first kappa shape index (κ1) is 14.3. The van der Waals surface area contributed by atoms with E-state index >= 15 is 0 Å². The van der Waals surface area contributed by atoms with Crippen LogP contribution in [0, 0.1) is 0 Å². The number of benzene rings is 1. The summed E-state index contributed by atoms with van der Waals surface area (Å²) in [5.74, 6) is -0.241. The van der Waals surface area contributed by atoms with Crippen LogP contribution in [0.25, 0.3) is 0 Å². The van der Waals surface area contributed by atoms with Gasteiger partial charge in [-0.3, -0.25) is 4.79 Å². The number of nitrogens with two attached hydrogens (primary N) is 1. The number of carbonyl (C=O) groups is 2. The molecule has 1 aliphatic rings. The number of amides is 3. The van der Waals surface area contributed by atoms with Crippen LogP contribution < -0.4 is 11.1 Å². The number of nitrogens with zero attached hydrogens (tertiary/aromatic N) is 1. The number of hydrogen-bond donors (Lipinski definition) is 4. The van der Waals surface area contributed by atoms with Crippen molar-refractivity contribution < 1.29 is 19.8 Å². The van der Waals surface area contributed by atoms with Crippen molar-refractivity contribution in [3.05, 3.63) is 35.4 Å². The zero-order chi connectivity index (χ0) is 14.7. The monoisotopic (exact) mass is 279 g/mol. The molecule has 20 heavy (non-hydrogen) atoms. The fraction of sp³-hybridized carbons (Fsp3) is 0.385. The van der Waals surface area contributed by atoms with Crippen LogP contribution >= 0.6 is 0 Å². The summed E-state index contributed by atoms with van der Waals surface area (Å²) in [5, 5.41) is 21.3. The smallest absolute Gasteiger partial charge is 0.312 e. The highest BCUT2D eigenvalue weighted by molar-refractivity contribution is 5.94. The van der Waals surface area contributed by atoms with Crippen LogP contribution in [0.1, 0.15) is 15.9 Å². The van der Waals surface area contributed by atoms with Gasteiger partial charge in [-0.2, -0.15) is 0 Å². The van der Waals surface area contributed by atoms with E-state index < -0.39 is 18.2 Å². The molecule has 1 aromatic carbocycles. The van der Waals surface area contributed by atoms with Crippen LogP contribution in [-0.4, -0.2) is 52.3 Å². The van der Waals surface area contributed by atoms with Gasteiger partial charge >= 0.3 is 6.03 Å². The van der Waals surface area contributed by atoms with Gasteiger partial charge in [-0.1, -0.05) is 12.1 Å². The van der Waals surface area contributed by atoms with Crippen molar-refractivity contribution in [1.29, 1.82) is 0 Å². The van der Waals surface area contributed by atoms with Gasteiger partial charge in [0, 0.05) is 25.2 Å². The number of β-amino-alcohol motifs (C(OH)–C–C–N with tert-alkyl or cyclic N) is 2. The van der Waals surface area contributed by atoms with Crippen LogP contribution in [0.2, 0.25) is 0 Å². The number of carbonyl (C=O) groups excluding carboxylic acids is 2. The normalized spacial score (nSPS) is 21.8. The number of primary amides is 1. The molecule has 1 aliphatic heterocycles. The molecule has 2 atom stereocenters. The molecule has 1 saturated heterocycles. The van der Waals surface area contributed by atoms with E-state index in [9.17, 15) is 19.8 Å². The number of likely N-dealkylation sites (tertiary alicyclic amines) is 1. The molecular weight excluding hydrogens is 262 g/mol. The molecule has 108 valence electrons. The minimum atomic E-state index is -0.891. The second kappa shape index (κ2) is 5.89. The molecule has 2 rings (SSSR count). The Kier molecular flexibility index (Phi) is 4.21. The molecule has 0 radical (unpaired) electrons. The summed E-state index contributed by atoms with van der Waals surface area (Å²) in [4.78, 5) is 24.1. The molecule has 1 heterocycles. The molecule has 0 unspecified atom stereocenters. The summed E-state index contributed by atoms with van der Waals surface area (Å²) < 4.78 is 0. The van der Waals surface area contributed by atoms with E-state index in [1.54, 1.807) is 24.3 Å². The maximum Gasteiger partial charge on any atom is 0.312 e. The highest BCUT2D eigenvalue weighted by Crippen LogP contribution is 2.14. The molecule has 0 saturated carbocycles. The molecule has 0 bridgehead atoms. The number of rotatable bonds is 3. The maximum atomic E-state index is 12.1. The second-order valence-electron chi connectivity index (χ2n) is 4.76. The molecule has 0 aromatic heterocycles. The molecule has 1 aromatic rings. The van der Waals surface area contributed by atoms with Gasteiger partial charge in [-0.05, 0) is 17.7 Å². The van der Waals surface area contributed by atoms with E-state index in [0.717, 1.165) is 5.56 Å². The Hall–Kier alpha value is -2.12. The molecule has 5 N–H and O–H groups in total. The standard InChI is InChI=1S/C13H17N3O4/c14-13(20)15-5-8-1-3-9(4-2-8)12(19)16-6-10(17)11(18)7-16/h1-4,10-11,17-18H,5-7H2,(H3,14,15,20)/t10-,11+. The Morgan fingerprint density at radius 1 is 1.20 bits per heavy atom. The molecule has 0 aliphatic carbocycles. The number of aliphatic hydroxyl groups is 2. The summed E-state index contributed by atoms with van der Waals surface area (Å²) in [7, 11) is 0. The third kappa shape index (κ3) is 3.25. The fourth-order valence-corrected chi connectivity index (χ4v) is 2.07.